The predicted octanol–water partition coefficient (Wildman–Crippen LogP) is 4.59. The quantitative estimate of drug-likeness (QED) is 0.603. The number of aryl methyl sites for hydroxylation is 1. The Hall–Kier alpha value is -2.24. The van der Waals surface area contributed by atoms with E-state index in [2.05, 4.69) is 20.9 Å². The van der Waals surface area contributed by atoms with E-state index in [-0.39, 0.29) is 11.6 Å². The van der Waals surface area contributed by atoms with E-state index in [1.54, 1.807) is 12.1 Å². The van der Waals surface area contributed by atoms with Gasteiger partial charge in [0.15, 0.2) is 5.78 Å². The van der Waals surface area contributed by atoms with Gasteiger partial charge in [0.2, 0.25) is 0 Å². The highest BCUT2D eigenvalue weighted by atomic mass is 32.1. The van der Waals surface area contributed by atoms with Crippen molar-refractivity contribution in [3.8, 4) is 0 Å². The molecule has 3 aromatic rings. The number of benzene rings is 1. The number of carbonyl (C=O) groups excluding carboxylic acids is 1. The third-order valence-corrected chi connectivity index (χ3v) is 6.40. The fraction of sp³-hybridized carbons (Fsp3) is 0.318. The minimum absolute atomic E-state index is 0.173. The van der Waals surface area contributed by atoms with Crippen molar-refractivity contribution in [1.82, 2.24) is 9.47 Å². The Morgan fingerprint density at radius 3 is 2.74 bits per heavy atom. The average molecular weight is 383 g/mol. The molecular weight excluding hydrogens is 359 g/mol. The molecule has 0 N–H and O–H groups in total. The van der Waals surface area contributed by atoms with E-state index in [4.69, 9.17) is 0 Å². The Balaban J connectivity index is 1.49. The SMILES string of the molecule is Cc1cc(C(=O)CN2CCc3sccc3C2)c(C)n1Cc1ccc(F)cc1. The van der Waals surface area contributed by atoms with Gasteiger partial charge < -0.3 is 4.57 Å². The number of thiophene rings is 1. The van der Waals surface area contributed by atoms with Gasteiger partial charge in [-0.2, -0.15) is 0 Å². The van der Waals surface area contributed by atoms with Crippen LogP contribution in [0.2, 0.25) is 0 Å². The first kappa shape index (κ1) is 18.1. The maximum Gasteiger partial charge on any atom is 0.178 e. The van der Waals surface area contributed by atoms with Crippen molar-refractivity contribution >= 4 is 17.1 Å². The highest BCUT2D eigenvalue weighted by Gasteiger charge is 2.22. The van der Waals surface area contributed by atoms with E-state index >= 15 is 0 Å². The Bertz CT molecular complexity index is 971. The minimum atomic E-state index is -0.231. The molecule has 1 aromatic carbocycles. The highest BCUT2D eigenvalue weighted by Crippen LogP contribution is 2.25. The van der Waals surface area contributed by atoms with Crippen LogP contribution in [0.25, 0.3) is 0 Å². The molecular formula is C22H23FN2OS. The molecule has 0 atom stereocenters. The molecule has 5 heteroatoms. The number of hydrogen-bond donors (Lipinski definition) is 0. The fourth-order valence-electron chi connectivity index (χ4n) is 3.83. The predicted molar refractivity (Wildman–Crippen MR) is 107 cm³/mol. The second-order valence-electron chi connectivity index (χ2n) is 7.25. The molecule has 0 saturated carbocycles. The van der Waals surface area contributed by atoms with Crippen LogP contribution < -0.4 is 0 Å². The van der Waals surface area contributed by atoms with Crippen molar-refractivity contribution in [2.24, 2.45) is 0 Å². The summed E-state index contributed by atoms with van der Waals surface area (Å²) in [6, 6.07) is 10.7. The summed E-state index contributed by atoms with van der Waals surface area (Å²) in [5, 5.41) is 2.14. The number of hydrogen-bond acceptors (Lipinski definition) is 3. The second kappa shape index (κ2) is 7.41. The highest BCUT2D eigenvalue weighted by molar-refractivity contribution is 7.10. The largest absolute Gasteiger partial charge is 0.344 e. The van der Waals surface area contributed by atoms with Crippen LogP contribution in [-0.2, 0) is 19.5 Å². The van der Waals surface area contributed by atoms with Crippen LogP contribution in [0.5, 0.6) is 0 Å². The summed E-state index contributed by atoms with van der Waals surface area (Å²) >= 11 is 1.81. The first-order chi connectivity index (χ1) is 13.0. The van der Waals surface area contributed by atoms with Crippen LogP contribution in [0.3, 0.4) is 0 Å². The Morgan fingerprint density at radius 1 is 1.19 bits per heavy atom. The molecule has 0 radical (unpaired) electrons. The number of rotatable bonds is 5. The molecule has 0 unspecified atom stereocenters. The molecule has 0 amide bonds. The lowest BCUT2D eigenvalue weighted by Gasteiger charge is -2.26. The minimum Gasteiger partial charge on any atom is -0.344 e. The lowest BCUT2D eigenvalue weighted by Crippen LogP contribution is -2.34. The molecule has 3 heterocycles. The molecule has 0 spiro atoms. The molecule has 0 fully saturated rings. The third kappa shape index (κ3) is 3.75. The fourth-order valence-corrected chi connectivity index (χ4v) is 4.72. The summed E-state index contributed by atoms with van der Waals surface area (Å²) in [7, 11) is 0. The molecule has 3 nitrogen and oxygen atoms in total. The average Bonchev–Trinajstić information content (AvgIpc) is 3.22. The third-order valence-electron chi connectivity index (χ3n) is 5.38. The summed E-state index contributed by atoms with van der Waals surface area (Å²) in [4.78, 5) is 16.6. The Morgan fingerprint density at radius 2 is 1.96 bits per heavy atom. The summed E-state index contributed by atoms with van der Waals surface area (Å²) in [6.07, 6.45) is 1.03. The summed E-state index contributed by atoms with van der Waals surface area (Å²) in [5.74, 6) is -0.0574. The molecule has 27 heavy (non-hydrogen) atoms. The Labute approximate surface area is 163 Å². The van der Waals surface area contributed by atoms with Crippen LogP contribution in [0, 0.1) is 19.7 Å². The molecule has 0 aliphatic carbocycles. The maximum atomic E-state index is 13.1. The number of aromatic nitrogens is 1. The number of halogens is 1. The van der Waals surface area contributed by atoms with Gasteiger partial charge in [-0.15, -0.1) is 11.3 Å². The molecule has 4 rings (SSSR count). The number of ketones is 1. The second-order valence-corrected chi connectivity index (χ2v) is 8.25. The van der Waals surface area contributed by atoms with Crippen molar-refractivity contribution in [3.05, 3.63) is 80.6 Å². The van der Waals surface area contributed by atoms with Crippen LogP contribution in [0.15, 0.2) is 41.8 Å². The van der Waals surface area contributed by atoms with E-state index in [9.17, 15) is 9.18 Å². The van der Waals surface area contributed by atoms with Gasteiger partial charge in [-0.05, 0) is 61.0 Å². The van der Waals surface area contributed by atoms with Gasteiger partial charge >= 0.3 is 0 Å². The van der Waals surface area contributed by atoms with Crippen molar-refractivity contribution < 1.29 is 9.18 Å². The Kier molecular flexibility index (Phi) is 4.98. The van der Waals surface area contributed by atoms with Crippen LogP contribution in [-0.4, -0.2) is 28.3 Å². The topological polar surface area (TPSA) is 25.2 Å². The van der Waals surface area contributed by atoms with Crippen molar-refractivity contribution in [2.45, 2.75) is 33.4 Å². The van der Waals surface area contributed by atoms with Gasteiger partial charge in [0, 0.05) is 41.5 Å². The summed E-state index contributed by atoms with van der Waals surface area (Å²) < 4.78 is 15.3. The molecule has 0 bridgehead atoms. The number of fused-ring (bicyclic) bond motifs is 1. The van der Waals surface area contributed by atoms with Crippen LogP contribution >= 0.6 is 11.3 Å². The van der Waals surface area contributed by atoms with E-state index in [1.807, 2.05) is 31.3 Å². The van der Waals surface area contributed by atoms with Crippen molar-refractivity contribution in [3.63, 3.8) is 0 Å². The van der Waals surface area contributed by atoms with E-state index in [0.29, 0.717) is 13.1 Å². The molecule has 1 aliphatic heterocycles. The number of carbonyl (C=O) groups is 1. The van der Waals surface area contributed by atoms with Gasteiger partial charge in [0.1, 0.15) is 5.82 Å². The lowest BCUT2D eigenvalue weighted by atomic mass is 10.1. The molecule has 0 saturated heterocycles. The first-order valence-electron chi connectivity index (χ1n) is 9.23. The van der Waals surface area contributed by atoms with E-state index < -0.39 is 0 Å². The molecule has 140 valence electrons. The standard InChI is InChI=1S/C22H23FN2OS/c1-15-11-20(16(2)25(15)12-17-3-5-19(23)6-4-17)21(26)14-24-9-7-22-18(13-24)8-10-27-22/h3-6,8,10-11H,7,9,12-14H2,1-2H3. The van der Waals surface area contributed by atoms with Gasteiger partial charge in [-0.1, -0.05) is 12.1 Å². The van der Waals surface area contributed by atoms with Crippen LogP contribution in [0.4, 0.5) is 4.39 Å². The maximum absolute atomic E-state index is 13.1. The van der Waals surface area contributed by atoms with Gasteiger partial charge in [-0.25, -0.2) is 4.39 Å². The number of nitrogens with zero attached hydrogens (tertiary/aromatic N) is 2. The van der Waals surface area contributed by atoms with Crippen molar-refractivity contribution in [2.75, 3.05) is 13.1 Å². The molecule has 2 aromatic heterocycles. The normalized spacial score (nSPS) is 14.3. The van der Waals surface area contributed by atoms with E-state index in [1.165, 1.54) is 22.6 Å². The van der Waals surface area contributed by atoms with Crippen LogP contribution in [0.1, 0.15) is 37.7 Å². The van der Waals surface area contributed by atoms with E-state index in [0.717, 1.165) is 42.0 Å². The monoisotopic (exact) mass is 382 g/mol. The lowest BCUT2D eigenvalue weighted by molar-refractivity contribution is 0.0921. The number of Topliss-reactive ketones (excluding diaryl/α,β-unsaturated/α-hetero) is 1. The zero-order valence-corrected chi connectivity index (χ0v) is 16.5. The van der Waals surface area contributed by atoms with Gasteiger partial charge in [0.25, 0.3) is 0 Å². The summed E-state index contributed by atoms with van der Waals surface area (Å²) in [6.45, 7) is 6.92. The first-order valence-corrected chi connectivity index (χ1v) is 10.1. The van der Waals surface area contributed by atoms with Crippen molar-refractivity contribution in [1.29, 1.82) is 0 Å². The molecule has 1 aliphatic rings. The summed E-state index contributed by atoms with van der Waals surface area (Å²) in [5.41, 5.74) is 5.22. The zero-order valence-electron chi connectivity index (χ0n) is 15.7. The van der Waals surface area contributed by atoms with Gasteiger partial charge in [-0.3, -0.25) is 9.69 Å². The van der Waals surface area contributed by atoms with Gasteiger partial charge in [0.05, 0.1) is 6.54 Å². The zero-order chi connectivity index (χ0) is 19.0. The smallest absolute Gasteiger partial charge is 0.178 e.